The number of nitrogens with one attached hydrogen (secondary N) is 1. The first-order chi connectivity index (χ1) is 14.4. The SMILES string of the molecule is COc1cn(-c2ccccc2)nc1C(=O)O[C@H](C)C(=O)Nc1ccccc1C(C)=O. The van der Waals surface area contributed by atoms with Gasteiger partial charge in [-0.25, -0.2) is 9.48 Å². The number of benzene rings is 2. The van der Waals surface area contributed by atoms with Gasteiger partial charge in [-0.05, 0) is 38.1 Å². The molecule has 2 aromatic carbocycles. The summed E-state index contributed by atoms with van der Waals surface area (Å²) in [6.07, 6.45) is 0.434. The van der Waals surface area contributed by atoms with Crippen LogP contribution in [-0.4, -0.2) is 40.7 Å². The summed E-state index contributed by atoms with van der Waals surface area (Å²) in [5, 5.41) is 6.84. The van der Waals surface area contributed by atoms with Crippen molar-refractivity contribution in [1.82, 2.24) is 9.78 Å². The molecule has 3 aromatic rings. The van der Waals surface area contributed by atoms with Crippen LogP contribution in [0.4, 0.5) is 5.69 Å². The number of carbonyl (C=O) groups is 3. The average molecular weight is 407 g/mol. The van der Waals surface area contributed by atoms with Gasteiger partial charge in [0.05, 0.1) is 24.7 Å². The summed E-state index contributed by atoms with van der Waals surface area (Å²) < 4.78 is 12.0. The highest BCUT2D eigenvalue weighted by Crippen LogP contribution is 2.21. The van der Waals surface area contributed by atoms with Gasteiger partial charge in [0, 0.05) is 5.56 Å². The van der Waals surface area contributed by atoms with E-state index in [4.69, 9.17) is 9.47 Å². The van der Waals surface area contributed by atoms with Crippen molar-refractivity contribution in [3.05, 3.63) is 72.1 Å². The second-order valence-corrected chi connectivity index (χ2v) is 6.46. The monoisotopic (exact) mass is 407 g/mol. The minimum Gasteiger partial charge on any atom is -0.493 e. The van der Waals surface area contributed by atoms with Gasteiger partial charge >= 0.3 is 5.97 Å². The highest BCUT2D eigenvalue weighted by molar-refractivity contribution is 6.05. The predicted octanol–water partition coefficient (Wildman–Crippen LogP) is 3.27. The first-order valence-electron chi connectivity index (χ1n) is 9.21. The van der Waals surface area contributed by atoms with Gasteiger partial charge in [0.2, 0.25) is 5.69 Å². The molecule has 1 atom stereocenters. The lowest BCUT2D eigenvalue weighted by Crippen LogP contribution is -2.30. The van der Waals surface area contributed by atoms with E-state index in [0.717, 1.165) is 5.69 Å². The molecule has 1 N–H and O–H groups in total. The van der Waals surface area contributed by atoms with E-state index in [0.29, 0.717) is 11.3 Å². The minimum atomic E-state index is -1.12. The van der Waals surface area contributed by atoms with E-state index in [1.807, 2.05) is 30.3 Å². The van der Waals surface area contributed by atoms with Gasteiger partial charge in [0.1, 0.15) is 0 Å². The van der Waals surface area contributed by atoms with E-state index in [-0.39, 0.29) is 17.2 Å². The Morgan fingerprint density at radius 3 is 2.37 bits per heavy atom. The van der Waals surface area contributed by atoms with Crippen molar-refractivity contribution in [3.63, 3.8) is 0 Å². The quantitative estimate of drug-likeness (QED) is 0.477. The molecule has 0 unspecified atom stereocenters. The van der Waals surface area contributed by atoms with Gasteiger partial charge in [-0.3, -0.25) is 9.59 Å². The summed E-state index contributed by atoms with van der Waals surface area (Å²) >= 11 is 0. The van der Waals surface area contributed by atoms with Crippen molar-refractivity contribution in [1.29, 1.82) is 0 Å². The fraction of sp³-hybridized carbons (Fsp3) is 0.182. The molecule has 0 aliphatic heterocycles. The van der Waals surface area contributed by atoms with Gasteiger partial charge in [0.15, 0.2) is 17.6 Å². The Kier molecular flexibility index (Phi) is 6.26. The third-order valence-electron chi connectivity index (χ3n) is 4.33. The predicted molar refractivity (Wildman–Crippen MR) is 110 cm³/mol. The fourth-order valence-electron chi connectivity index (χ4n) is 2.77. The zero-order valence-electron chi connectivity index (χ0n) is 16.8. The largest absolute Gasteiger partial charge is 0.493 e. The number of para-hydroxylation sites is 2. The summed E-state index contributed by atoms with van der Waals surface area (Å²) in [6, 6.07) is 15.8. The van der Waals surface area contributed by atoms with Gasteiger partial charge in [-0.2, -0.15) is 5.10 Å². The van der Waals surface area contributed by atoms with Crippen LogP contribution in [0.3, 0.4) is 0 Å². The number of hydrogen-bond donors (Lipinski definition) is 1. The lowest BCUT2D eigenvalue weighted by Gasteiger charge is -2.14. The molecular formula is C22H21N3O5. The molecule has 1 aromatic heterocycles. The van der Waals surface area contributed by atoms with Crippen LogP contribution in [-0.2, 0) is 9.53 Å². The molecule has 154 valence electrons. The molecule has 30 heavy (non-hydrogen) atoms. The molecule has 0 bridgehead atoms. The van der Waals surface area contributed by atoms with Crippen LogP contribution < -0.4 is 10.1 Å². The maximum absolute atomic E-state index is 12.6. The third-order valence-corrected chi connectivity index (χ3v) is 4.33. The molecule has 8 heteroatoms. The number of nitrogens with zero attached hydrogens (tertiary/aromatic N) is 2. The van der Waals surface area contributed by atoms with Crippen molar-refractivity contribution in [3.8, 4) is 11.4 Å². The molecule has 0 spiro atoms. The van der Waals surface area contributed by atoms with Crippen LogP contribution in [0.2, 0.25) is 0 Å². The summed E-state index contributed by atoms with van der Waals surface area (Å²) in [7, 11) is 1.41. The number of methoxy groups -OCH3 is 1. The van der Waals surface area contributed by atoms with Crippen LogP contribution in [0.15, 0.2) is 60.8 Å². The van der Waals surface area contributed by atoms with E-state index < -0.39 is 18.0 Å². The van der Waals surface area contributed by atoms with Crippen LogP contribution in [0, 0.1) is 0 Å². The smallest absolute Gasteiger partial charge is 0.363 e. The molecule has 8 nitrogen and oxygen atoms in total. The van der Waals surface area contributed by atoms with Crippen molar-refractivity contribution in [2.24, 2.45) is 0 Å². The first kappa shape index (κ1) is 20.8. The Hall–Kier alpha value is -3.94. The summed E-state index contributed by atoms with van der Waals surface area (Å²) in [4.78, 5) is 36.8. The maximum Gasteiger partial charge on any atom is 0.363 e. The highest BCUT2D eigenvalue weighted by Gasteiger charge is 2.25. The van der Waals surface area contributed by atoms with E-state index in [9.17, 15) is 14.4 Å². The van der Waals surface area contributed by atoms with Crippen LogP contribution >= 0.6 is 0 Å². The number of aromatic nitrogens is 2. The number of anilines is 1. The zero-order valence-corrected chi connectivity index (χ0v) is 16.8. The van der Waals surface area contributed by atoms with Crippen molar-refractivity contribution in [2.45, 2.75) is 20.0 Å². The summed E-state index contributed by atoms with van der Waals surface area (Å²) in [6.45, 7) is 2.84. The fourth-order valence-corrected chi connectivity index (χ4v) is 2.77. The minimum absolute atomic E-state index is 0.0508. The lowest BCUT2D eigenvalue weighted by atomic mass is 10.1. The molecular weight excluding hydrogens is 386 g/mol. The molecule has 0 saturated carbocycles. The van der Waals surface area contributed by atoms with Gasteiger partial charge in [-0.15, -0.1) is 0 Å². The Morgan fingerprint density at radius 2 is 1.70 bits per heavy atom. The molecule has 1 amide bonds. The second-order valence-electron chi connectivity index (χ2n) is 6.46. The molecule has 0 aliphatic carbocycles. The molecule has 1 heterocycles. The normalized spacial score (nSPS) is 11.4. The van der Waals surface area contributed by atoms with E-state index >= 15 is 0 Å². The Balaban J connectivity index is 1.73. The number of hydrogen-bond acceptors (Lipinski definition) is 6. The Morgan fingerprint density at radius 1 is 1.03 bits per heavy atom. The van der Waals surface area contributed by atoms with Crippen LogP contribution in [0.25, 0.3) is 5.69 Å². The van der Waals surface area contributed by atoms with E-state index in [1.165, 1.54) is 25.6 Å². The zero-order chi connectivity index (χ0) is 21.7. The molecule has 0 radical (unpaired) electrons. The van der Waals surface area contributed by atoms with Crippen LogP contribution in [0.1, 0.15) is 34.7 Å². The molecule has 0 fully saturated rings. The Labute approximate surface area is 173 Å². The van der Waals surface area contributed by atoms with Crippen molar-refractivity contribution < 1.29 is 23.9 Å². The topological polar surface area (TPSA) is 99.5 Å². The Bertz CT molecular complexity index is 1080. The first-order valence-corrected chi connectivity index (χ1v) is 9.21. The number of rotatable bonds is 7. The van der Waals surface area contributed by atoms with Crippen molar-refractivity contribution in [2.75, 3.05) is 12.4 Å². The molecule has 0 saturated heterocycles. The number of Topliss-reactive ketones (excluding diaryl/α,β-unsaturated/α-hetero) is 1. The van der Waals surface area contributed by atoms with Gasteiger partial charge in [-0.1, -0.05) is 30.3 Å². The maximum atomic E-state index is 12.6. The highest BCUT2D eigenvalue weighted by atomic mass is 16.6. The molecule has 0 aliphatic rings. The van der Waals surface area contributed by atoms with E-state index in [1.54, 1.807) is 30.5 Å². The summed E-state index contributed by atoms with van der Waals surface area (Å²) in [5.41, 5.74) is 1.41. The number of carbonyl (C=O) groups excluding carboxylic acids is 3. The van der Waals surface area contributed by atoms with E-state index in [2.05, 4.69) is 10.4 Å². The standard InChI is InChI=1S/C22H21N3O5/c1-14(26)17-11-7-8-12-18(17)23-21(27)15(2)30-22(28)20-19(29-3)13-25(24-20)16-9-5-4-6-10-16/h4-13,15H,1-3H3,(H,23,27)/t15-/m1/s1. The number of ether oxygens (including phenoxy) is 2. The third kappa shape index (κ3) is 4.54. The van der Waals surface area contributed by atoms with Crippen LogP contribution in [0.5, 0.6) is 5.75 Å². The molecule has 3 rings (SSSR count). The van der Waals surface area contributed by atoms with Crippen molar-refractivity contribution >= 4 is 23.3 Å². The van der Waals surface area contributed by atoms with Gasteiger partial charge < -0.3 is 14.8 Å². The lowest BCUT2D eigenvalue weighted by molar-refractivity contribution is -0.123. The second kappa shape index (κ2) is 9.04. The number of amides is 1. The van der Waals surface area contributed by atoms with Gasteiger partial charge in [0.25, 0.3) is 5.91 Å². The summed E-state index contributed by atoms with van der Waals surface area (Å²) in [5.74, 6) is -1.34. The number of esters is 1. The number of ketones is 1. The average Bonchev–Trinajstić information content (AvgIpc) is 3.19.